The average Bonchev–Trinajstić information content (AvgIpc) is 2.40. The highest BCUT2D eigenvalue weighted by Gasteiger charge is 2.14. The minimum absolute atomic E-state index is 0.0396. The van der Waals surface area contributed by atoms with Crippen molar-refractivity contribution in [1.29, 1.82) is 0 Å². The number of hydrogen-bond acceptors (Lipinski definition) is 2. The van der Waals surface area contributed by atoms with Gasteiger partial charge in [0.05, 0.1) is 11.8 Å². The zero-order valence-corrected chi connectivity index (χ0v) is 10.2. The fourth-order valence-electron chi connectivity index (χ4n) is 1.72. The number of hydrogen-bond donors (Lipinski definition) is 2. The van der Waals surface area contributed by atoms with Crippen molar-refractivity contribution in [2.24, 2.45) is 0 Å². The summed E-state index contributed by atoms with van der Waals surface area (Å²) in [6, 6.07) is 5.56. The van der Waals surface area contributed by atoms with Crippen molar-refractivity contribution in [3.63, 3.8) is 0 Å². The fourth-order valence-corrected chi connectivity index (χ4v) is 1.72. The lowest BCUT2D eigenvalue weighted by atomic mass is 10.1. The number of benzene rings is 2. The molecule has 2 nitrogen and oxygen atoms in total. The second kappa shape index (κ2) is 5.92. The Balaban J connectivity index is 2.08. The molecule has 0 aliphatic carbocycles. The third kappa shape index (κ3) is 3.27. The van der Waals surface area contributed by atoms with Crippen LogP contribution in [0.4, 0.5) is 23.2 Å². The van der Waals surface area contributed by atoms with Crippen LogP contribution >= 0.6 is 0 Å². The third-order valence-electron chi connectivity index (χ3n) is 2.73. The van der Waals surface area contributed by atoms with Gasteiger partial charge in [-0.25, -0.2) is 17.6 Å². The molecule has 6 heteroatoms. The molecular weight excluding hydrogens is 274 g/mol. The van der Waals surface area contributed by atoms with Crippen molar-refractivity contribution in [2.45, 2.75) is 6.10 Å². The summed E-state index contributed by atoms with van der Waals surface area (Å²) in [5.74, 6) is -3.02. The maximum atomic E-state index is 13.4. The molecule has 0 aliphatic rings. The summed E-state index contributed by atoms with van der Waals surface area (Å²) < 4.78 is 52.4. The summed E-state index contributed by atoms with van der Waals surface area (Å²) in [5, 5.41) is 12.3. The van der Waals surface area contributed by atoms with E-state index in [1.54, 1.807) is 0 Å². The van der Waals surface area contributed by atoms with E-state index in [-0.39, 0.29) is 17.8 Å². The minimum Gasteiger partial charge on any atom is -0.386 e. The Morgan fingerprint density at radius 2 is 1.55 bits per heavy atom. The Morgan fingerprint density at radius 1 is 0.900 bits per heavy atom. The van der Waals surface area contributed by atoms with Gasteiger partial charge in [0.2, 0.25) is 0 Å². The number of aliphatic hydroxyl groups excluding tert-OH is 1. The first-order chi connectivity index (χ1) is 9.47. The van der Waals surface area contributed by atoms with Crippen LogP contribution in [-0.4, -0.2) is 11.7 Å². The van der Waals surface area contributed by atoms with Crippen LogP contribution in [0.5, 0.6) is 0 Å². The van der Waals surface area contributed by atoms with E-state index in [0.29, 0.717) is 6.07 Å². The van der Waals surface area contributed by atoms with E-state index in [0.717, 1.165) is 30.3 Å². The number of halogens is 4. The highest BCUT2D eigenvalue weighted by atomic mass is 19.1. The van der Waals surface area contributed by atoms with E-state index < -0.39 is 29.4 Å². The number of rotatable bonds is 4. The average molecular weight is 285 g/mol. The van der Waals surface area contributed by atoms with E-state index >= 15 is 0 Å². The lowest BCUT2D eigenvalue weighted by Crippen LogP contribution is -2.14. The molecule has 2 aromatic rings. The van der Waals surface area contributed by atoms with Crippen molar-refractivity contribution in [3.05, 3.63) is 65.2 Å². The zero-order chi connectivity index (χ0) is 14.7. The van der Waals surface area contributed by atoms with Crippen molar-refractivity contribution < 1.29 is 22.7 Å². The molecule has 20 heavy (non-hydrogen) atoms. The molecule has 0 fully saturated rings. The second-order valence-corrected chi connectivity index (χ2v) is 4.19. The largest absolute Gasteiger partial charge is 0.386 e. The lowest BCUT2D eigenvalue weighted by molar-refractivity contribution is 0.186. The van der Waals surface area contributed by atoms with Crippen LogP contribution in [0.15, 0.2) is 36.4 Å². The second-order valence-electron chi connectivity index (χ2n) is 4.19. The van der Waals surface area contributed by atoms with Crippen molar-refractivity contribution >= 4 is 5.69 Å². The Labute approximate surface area is 112 Å². The van der Waals surface area contributed by atoms with E-state index in [9.17, 15) is 22.7 Å². The molecule has 0 saturated heterocycles. The Morgan fingerprint density at radius 3 is 2.25 bits per heavy atom. The van der Waals surface area contributed by atoms with Crippen molar-refractivity contribution in [3.8, 4) is 0 Å². The van der Waals surface area contributed by atoms with Crippen LogP contribution in [0.3, 0.4) is 0 Å². The molecular formula is C14H11F4NO. The number of anilines is 1. The maximum absolute atomic E-state index is 13.4. The van der Waals surface area contributed by atoms with E-state index in [1.165, 1.54) is 0 Å². The Kier molecular flexibility index (Phi) is 4.24. The normalized spacial score (nSPS) is 12.2. The molecule has 0 radical (unpaired) electrons. The van der Waals surface area contributed by atoms with Gasteiger partial charge in [0.15, 0.2) is 0 Å². The highest BCUT2D eigenvalue weighted by molar-refractivity contribution is 5.45. The quantitative estimate of drug-likeness (QED) is 0.844. The molecule has 2 rings (SSSR count). The number of aliphatic hydroxyl groups is 1. The van der Waals surface area contributed by atoms with Crippen LogP contribution in [-0.2, 0) is 0 Å². The lowest BCUT2D eigenvalue weighted by Gasteiger charge is -2.14. The van der Waals surface area contributed by atoms with Gasteiger partial charge in [-0.15, -0.1) is 0 Å². The molecule has 1 atom stereocenters. The maximum Gasteiger partial charge on any atom is 0.149 e. The summed E-state index contributed by atoms with van der Waals surface area (Å²) in [4.78, 5) is 0. The monoisotopic (exact) mass is 285 g/mol. The molecule has 0 heterocycles. The zero-order valence-electron chi connectivity index (χ0n) is 10.2. The van der Waals surface area contributed by atoms with Gasteiger partial charge in [-0.3, -0.25) is 0 Å². The van der Waals surface area contributed by atoms with Crippen LogP contribution < -0.4 is 5.32 Å². The first-order valence-corrected chi connectivity index (χ1v) is 5.79. The van der Waals surface area contributed by atoms with Gasteiger partial charge in [0.25, 0.3) is 0 Å². The predicted octanol–water partition coefficient (Wildman–Crippen LogP) is 3.39. The summed E-state index contributed by atoms with van der Waals surface area (Å²) in [6.45, 7) is -0.247. The van der Waals surface area contributed by atoms with Crippen molar-refractivity contribution in [2.75, 3.05) is 11.9 Å². The van der Waals surface area contributed by atoms with Gasteiger partial charge in [-0.1, -0.05) is 0 Å². The van der Waals surface area contributed by atoms with Crippen LogP contribution in [0.2, 0.25) is 0 Å². The topological polar surface area (TPSA) is 32.3 Å². The highest BCUT2D eigenvalue weighted by Crippen LogP contribution is 2.20. The number of nitrogens with one attached hydrogen (secondary N) is 1. The van der Waals surface area contributed by atoms with Crippen molar-refractivity contribution in [1.82, 2.24) is 0 Å². The SMILES string of the molecule is OC(CNc1ccc(F)cc1F)c1cc(F)ccc1F. The molecule has 2 aromatic carbocycles. The van der Waals surface area contributed by atoms with Gasteiger partial charge in [-0.2, -0.15) is 0 Å². The molecule has 2 N–H and O–H groups in total. The summed E-state index contributed by atoms with van der Waals surface area (Å²) in [6.07, 6.45) is -1.37. The minimum atomic E-state index is -1.37. The van der Waals surface area contributed by atoms with Gasteiger partial charge in [0, 0.05) is 18.2 Å². The van der Waals surface area contributed by atoms with Gasteiger partial charge < -0.3 is 10.4 Å². The molecule has 0 amide bonds. The summed E-state index contributed by atoms with van der Waals surface area (Å²) >= 11 is 0. The Hall–Kier alpha value is -2.08. The smallest absolute Gasteiger partial charge is 0.149 e. The standard InChI is InChI=1S/C14H11F4NO/c15-8-1-3-11(17)10(5-8)14(20)7-19-13-4-2-9(16)6-12(13)18/h1-6,14,19-20H,7H2. The van der Waals surface area contributed by atoms with E-state index in [4.69, 9.17) is 0 Å². The van der Waals surface area contributed by atoms with Gasteiger partial charge in [0.1, 0.15) is 23.3 Å². The first-order valence-electron chi connectivity index (χ1n) is 5.79. The third-order valence-corrected chi connectivity index (χ3v) is 2.73. The van der Waals surface area contributed by atoms with Crippen LogP contribution in [0.25, 0.3) is 0 Å². The first kappa shape index (κ1) is 14.3. The van der Waals surface area contributed by atoms with Crippen LogP contribution in [0.1, 0.15) is 11.7 Å². The molecule has 0 saturated carbocycles. The molecule has 106 valence electrons. The predicted molar refractivity (Wildman–Crippen MR) is 66.2 cm³/mol. The van der Waals surface area contributed by atoms with Gasteiger partial charge in [-0.05, 0) is 30.3 Å². The molecule has 1 unspecified atom stereocenters. The summed E-state index contributed by atoms with van der Waals surface area (Å²) in [7, 11) is 0. The van der Waals surface area contributed by atoms with E-state index in [2.05, 4.69) is 5.32 Å². The molecule has 0 spiro atoms. The van der Waals surface area contributed by atoms with Crippen LogP contribution in [0, 0.1) is 23.3 Å². The Bertz CT molecular complexity index is 618. The summed E-state index contributed by atoms with van der Waals surface area (Å²) in [5.41, 5.74) is -0.276. The molecule has 0 aromatic heterocycles. The van der Waals surface area contributed by atoms with Gasteiger partial charge >= 0.3 is 0 Å². The molecule has 0 aliphatic heterocycles. The van der Waals surface area contributed by atoms with E-state index in [1.807, 2.05) is 0 Å². The fraction of sp³-hybridized carbons (Fsp3) is 0.143. The molecule has 0 bridgehead atoms.